The predicted molar refractivity (Wildman–Crippen MR) is 71.0 cm³/mol. The second kappa shape index (κ2) is 5.38. The molecule has 1 amide bonds. The molecule has 0 saturated heterocycles. The summed E-state index contributed by atoms with van der Waals surface area (Å²) < 4.78 is 0. The Morgan fingerprint density at radius 2 is 1.95 bits per heavy atom. The number of carbonyl (C=O) groups is 1. The number of anilines is 2. The number of hydrogen-bond acceptors (Lipinski definition) is 6. The third-order valence-electron chi connectivity index (χ3n) is 2.60. The van der Waals surface area contributed by atoms with Gasteiger partial charge in [0.2, 0.25) is 5.95 Å². The molecule has 2 heterocycles. The largest absolute Gasteiger partial charge is 0.387 e. The van der Waals surface area contributed by atoms with Crippen molar-refractivity contribution in [1.82, 2.24) is 20.2 Å². The molecule has 7 nitrogen and oxygen atoms in total. The van der Waals surface area contributed by atoms with Gasteiger partial charge in [-0.15, -0.1) is 5.10 Å². The van der Waals surface area contributed by atoms with E-state index in [0.29, 0.717) is 5.69 Å². The van der Waals surface area contributed by atoms with E-state index in [0.717, 1.165) is 17.1 Å². The fraction of sp³-hybridized carbons (Fsp3) is 0.250. The molecular formula is C12H14N6O. The molecule has 2 aromatic heterocycles. The Morgan fingerprint density at radius 3 is 2.53 bits per heavy atom. The molecule has 0 aromatic carbocycles. The summed E-state index contributed by atoms with van der Waals surface area (Å²) >= 11 is 0. The Labute approximate surface area is 110 Å². The molecule has 98 valence electrons. The number of nitrogens with zero attached hydrogens (tertiary/aromatic N) is 4. The lowest BCUT2D eigenvalue weighted by Gasteiger charge is -2.05. The third kappa shape index (κ3) is 3.01. The van der Waals surface area contributed by atoms with Crippen molar-refractivity contribution >= 4 is 17.5 Å². The Hall–Kier alpha value is -2.57. The van der Waals surface area contributed by atoms with E-state index < -0.39 is 0 Å². The van der Waals surface area contributed by atoms with E-state index in [1.54, 1.807) is 39.2 Å². The highest BCUT2D eigenvalue weighted by atomic mass is 16.2. The van der Waals surface area contributed by atoms with Crippen molar-refractivity contribution in [2.45, 2.75) is 13.8 Å². The van der Waals surface area contributed by atoms with E-state index in [4.69, 9.17) is 0 Å². The Morgan fingerprint density at radius 1 is 1.16 bits per heavy atom. The zero-order chi connectivity index (χ0) is 13.8. The molecule has 2 rings (SSSR count). The normalized spacial score (nSPS) is 10.1. The first-order valence-corrected chi connectivity index (χ1v) is 5.73. The monoisotopic (exact) mass is 258 g/mol. The van der Waals surface area contributed by atoms with E-state index in [2.05, 4.69) is 30.8 Å². The van der Waals surface area contributed by atoms with Gasteiger partial charge in [0.15, 0.2) is 0 Å². The molecule has 2 N–H and O–H groups in total. The molecule has 7 heteroatoms. The van der Waals surface area contributed by atoms with Crippen LogP contribution in [0.15, 0.2) is 18.3 Å². The van der Waals surface area contributed by atoms with Gasteiger partial charge in [0.1, 0.15) is 5.69 Å². The number of carbonyl (C=O) groups excluding carboxylic acids is 1. The van der Waals surface area contributed by atoms with Crippen LogP contribution in [0.1, 0.15) is 21.9 Å². The van der Waals surface area contributed by atoms with Crippen LogP contribution in [0.25, 0.3) is 0 Å². The molecule has 0 fully saturated rings. The van der Waals surface area contributed by atoms with Crippen molar-refractivity contribution in [3.63, 3.8) is 0 Å². The van der Waals surface area contributed by atoms with Crippen LogP contribution in [0, 0.1) is 13.8 Å². The van der Waals surface area contributed by atoms with Crippen LogP contribution in [0.5, 0.6) is 0 Å². The van der Waals surface area contributed by atoms with Crippen molar-refractivity contribution in [3.05, 3.63) is 35.4 Å². The molecule has 0 radical (unpaired) electrons. The molecule has 2 aromatic rings. The molecule has 0 aliphatic rings. The topological polar surface area (TPSA) is 92.7 Å². The van der Waals surface area contributed by atoms with E-state index in [-0.39, 0.29) is 11.9 Å². The molecule has 19 heavy (non-hydrogen) atoms. The van der Waals surface area contributed by atoms with Gasteiger partial charge < -0.3 is 5.32 Å². The van der Waals surface area contributed by atoms with Gasteiger partial charge in [-0.25, -0.2) is 9.97 Å². The minimum Gasteiger partial charge on any atom is -0.387 e. The lowest BCUT2D eigenvalue weighted by molar-refractivity contribution is 0.102. The summed E-state index contributed by atoms with van der Waals surface area (Å²) in [6, 6.07) is 3.39. The number of hydrogen-bond donors (Lipinski definition) is 2. The van der Waals surface area contributed by atoms with Crippen LogP contribution in [-0.2, 0) is 0 Å². The smallest absolute Gasteiger partial charge is 0.276 e. The molecule has 0 aliphatic heterocycles. The number of nitrogens with one attached hydrogen (secondary N) is 2. The van der Waals surface area contributed by atoms with Gasteiger partial charge in [-0.05, 0) is 26.0 Å². The zero-order valence-electron chi connectivity index (χ0n) is 10.9. The lowest BCUT2D eigenvalue weighted by atomic mass is 10.3. The van der Waals surface area contributed by atoms with Crippen LogP contribution in [0.4, 0.5) is 11.6 Å². The Kier molecular flexibility index (Phi) is 3.65. The maximum atomic E-state index is 11.9. The highest BCUT2D eigenvalue weighted by Crippen LogP contribution is 2.07. The summed E-state index contributed by atoms with van der Waals surface area (Å²) in [5.41, 5.74) is 2.58. The molecule has 0 aliphatic carbocycles. The van der Waals surface area contributed by atoms with Crippen LogP contribution >= 0.6 is 0 Å². The zero-order valence-corrected chi connectivity index (χ0v) is 10.9. The quantitative estimate of drug-likeness (QED) is 0.858. The first-order chi connectivity index (χ1) is 9.10. The maximum Gasteiger partial charge on any atom is 0.276 e. The SMILES string of the molecule is CNc1ccc(C(=O)Nc2nnc(C)c(C)n2)nc1. The average Bonchev–Trinajstić information content (AvgIpc) is 2.43. The van der Waals surface area contributed by atoms with Crippen molar-refractivity contribution in [2.24, 2.45) is 0 Å². The van der Waals surface area contributed by atoms with Gasteiger partial charge in [0.25, 0.3) is 5.91 Å². The summed E-state index contributed by atoms with van der Waals surface area (Å²) in [6.45, 7) is 3.61. The van der Waals surface area contributed by atoms with Gasteiger partial charge in [-0.1, -0.05) is 0 Å². The van der Waals surface area contributed by atoms with Crippen molar-refractivity contribution in [2.75, 3.05) is 17.7 Å². The van der Waals surface area contributed by atoms with Crippen molar-refractivity contribution in [3.8, 4) is 0 Å². The summed E-state index contributed by atoms with van der Waals surface area (Å²) in [5.74, 6) is -0.194. The molecule has 0 atom stereocenters. The Balaban J connectivity index is 2.13. The summed E-state index contributed by atoms with van der Waals surface area (Å²) in [7, 11) is 1.78. The van der Waals surface area contributed by atoms with Crippen molar-refractivity contribution < 1.29 is 4.79 Å². The van der Waals surface area contributed by atoms with Gasteiger partial charge in [0, 0.05) is 7.05 Å². The lowest BCUT2D eigenvalue weighted by Crippen LogP contribution is -2.16. The average molecular weight is 258 g/mol. The van der Waals surface area contributed by atoms with Gasteiger partial charge in [0.05, 0.1) is 23.3 Å². The van der Waals surface area contributed by atoms with E-state index in [1.165, 1.54) is 0 Å². The highest BCUT2D eigenvalue weighted by molar-refractivity contribution is 6.01. The Bertz CT molecular complexity index is 596. The molecule has 0 bridgehead atoms. The van der Waals surface area contributed by atoms with Gasteiger partial charge in [-0.2, -0.15) is 5.10 Å². The van der Waals surface area contributed by atoms with Crippen LogP contribution in [-0.4, -0.2) is 33.1 Å². The van der Waals surface area contributed by atoms with Crippen LogP contribution in [0.2, 0.25) is 0 Å². The molecule has 0 spiro atoms. The van der Waals surface area contributed by atoms with Crippen LogP contribution in [0.3, 0.4) is 0 Å². The number of amides is 1. The second-order valence-electron chi connectivity index (χ2n) is 3.94. The van der Waals surface area contributed by atoms with Gasteiger partial charge in [-0.3, -0.25) is 10.1 Å². The minimum atomic E-state index is -0.368. The predicted octanol–water partition coefficient (Wildman–Crippen LogP) is 1.18. The van der Waals surface area contributed by atoms with Crippen molar-refractivity contribution in [1.29, 1.82) is 0 Å². The number of rotatable bonds is 3. The van der Waals surface area contributed by atoms with Crippen LogP contribution < -0.4 is 10.6 Å². The molecular weight excluding hydrogens is 244 g/mol. The first-order valence-electron chi connectivity index (χ1n) is 5.73. The third-order valence-corrected chi connectivity index (χ3v) is 2.60. The molecule has 0 unspecified atom stereocenters. The summed E-state index contributed by atoms with van der Waals surface area (Å²) in [4.78, 5) is 20.1. The van der Waals surface area contributed by atoms with Gasteiger partial charge >= 0.3 is 0 Å². The summed E-state index contributed by atoms with van der Waals surface area (Å²) in [6.07, 6.45) is 1.58. The highest BCUT2D eigenvalue weighted by Gasteiger charge is 2.10. The maximum absolute atomic E-state index is 11.9. The summed E-state index contributed by atoms with van der Waals surface area (Å²) in [5, 5.41) is 13.2. The number of aromatic nitrogens is 4. The fourth-order valence-electron chi connectivity index (χ4n) is 1.35. The number of aryl methyl sites for hydroxylation is 2. The first kappa shape index (κ1) is 12.9. The fourth-order valence-corrected chi connectivity index (χ4v) is 1.35. The van der Waals surface area contributed by atoms with E-state index in [9.17, 15) is 4.79 Å². The van der Waals surface area contributed by atoms with E-state index in [1.807, 2.05) is 0 Å². The minimum absolute atomic E-state index is 0.174. The second-order valence-corrected chi connectivity index (χ2v) is 3.94. The molecule has 0 saturated carbocycles. The number of pyridine rings is 1. The van der Waals surface area contributed by atoms with E-state index >= 15 is 0 Å². The standard InChI is InChI=1S/C12H14N6O/c1-7-8(2)17-18-12(15-7)16-11(19)10-5-4-9(13-3)6-14-10/h4-6,13H,1-3H3,(H,15,16,18,19).